The third-order valence-corrected chi connectivity index (χ3v) is 16.9. The summed E-state index contributed by atoms with van der Waals surface area (Å²) < 4.78 is 234. The van der Waals surface area contributed by atoms with Crippen LogP contribution in [0.5, 0.6) is 11.5 Å². The fourth-order valence-electron chi connectivity index (χ4n) is 12.2. The zero-order chi connectivity index (χ0) is 68.5. The van der Waals surface area contributed by atoms with Gasteiger partial charge >= 0.3 is 36.9 Å². The van der Waals surface area contributed by atoms with E-state index in [0.29, 0.717) is 77.4 Å². The molecule has 4 aliphatic heterocycles. The highest BCUT2D eigenvalue weighted by Crippen LogP contribution is 2.60. The van der Waals surface area contributed by atoms with E-state index in [1.807, 2.05) is 0 Å². The molecular formula is C62H33F15N4O12. The number of hydrogen-bond acceptors (Lipinski definition) is 11. The second-order valence-corrected chi connectivity index (χ2v) is 21.9. The van der Waals surface area contributed by atoms with Crippen LogP contribution < -0.4 is 14.7 Å². The number of benzene rings is 7. The molecule has 7 aromatic rings. The van der Waals surface area contributed by atoms with Crippen LogP contribution in [0.25, 0.3) is 0 Å². The van der Waals surface area contributed by atoms with Gasteiger partial charge in [-0.3, -0.25) is 43.3 Å². The van der Waals surface area contributed by atoms with E-state index in [9.17, 15) is 58.5 Å². The van der Waals surface area contributed by atoms with Gasteiger partial charge in [0.05, 0.1) is 67.1 Å². The Balaban J connectivity index is 0.956. The fraction of sp³-hybridized carbons (Fsp3) is 0.177. The van der Waals surface area contributed by atoms with Gasteiger partial charge in [-0.25, -0.2) is 19.5 Å². The predicted molar refractivity (Wildman–Crippen MR) is 288 cm³/mol. The molecule has 0 spiro atoms. The zero-order valence-corrected chi connectivity index (χ0v) is 46.6. The van der Waals surface area contributed by atoms with Gasteiger partial charge in [0.2, 0.25) is 10.8 Å². The number of aryl methyl sites for hydroxylation is 1. The van der Waals surface area contributed by atoms with Gasteiger partial charge in [-0.1, -0.05) is 36.4 Å². The molecule has 4 heterocycles. The van der Waals surface area contributed by atoms with Crippen molar-refractivity contribution in [3.8, 4) is 11.5 Å². The SMILES string of the molecule is Cc1cc(C(=O)O)cc(N2C(=O)c3ccc(C(c4ccc5c(c4)C(=O)N(c4cc(C(C)(c6ccc(O)c(N7C(=O)c8ccc(C(c9ccc%10c(c9)C(=O)N(C)C%10=O)(C(F)(F)F)C(F)(F)F)cc8C7=O)c6)C(F)(F)F)ccc4O)C5=O)(C(F)(F)F)C(F)(F)F)cc3C2=O)c1. The molecular weight excluding hydrogens is 1280 g/mol. The van der Waals surface area contributed by atoms with Gasteiger partial charge in [-0.2, -0.15) is 65.9 Å². The third kappa shape index (κ3) is 8.81. The molecule has 0 saturated heterocycles. The lowest BCUT2D eigenvalue weighted by atomic mass is 9.71. The number of phenols is 2. The van der Waals surface area contributed by atoms with Crippen molar-refractivity contribution in [1.29, 1.82) is 0 Å². The van der Waals surface area contributed by atoms with Crippen LogP contribution in [0.4, 0.5) is 82.9 Å². The van der Waals surface area contributed by atoms with E-state index < -0.39 is 212 Å². The molecule has 8 amide bonds. The van der Waals surface area contributed by atoms with Crippen molar-refractivity contribution < 1.29 is 124 Å². The smallest absolute Gasteiger partial charge is 0.411 e. The van der Waals surface area contributed by atoms with E-state index in [-0.39, 0.29) is 63.9 Å². The van der Waals surface area contributed by atoms with Gasteiger partial charge < -0.3 is 15.3 Å². The first-order chi connectivity index (χ1) is 43.0. The summed E-state index contributed by atoms with van der Waals surface area (Å²) in [6.45, 7) is 1.73. The maximum Gasteiger partial charge on any atom is 0.411 e. The van der Waals surface area contributed by atoms with E-state index in [0.717, 1.165) is 25.2 Å². The highest BCUT2D eigenvalue weighted by Gasteiger charge is 2.74. The summed E-state index contributed by atoms with van der Waals surface area (Å²) in [4.78, 5) is 122. The molecule has 11 rings (SSSR count). The summed E-state index contributed by atoms with van der Waals surface area (Å²) in [5.41, 5.74) is -34.1. The number of fused-ring (bicyclic) bond motifs is 4. The van der Waals surface area contributed by atoms with Gasteiger partial charge in [-0.05, 0) is 144 Å². The predicted octanol–water partition coefficient (Wildman–Crippen LogP) is 12.4. The minimum atomic E-state index is -6.50. The number of phenolic OH excluding ortho intramolecular Hbond substituents is 2. The number of hydrogen-bond donors (Lipinski definition) is 3. The van der Waals surface area contributed by atoms with Crippen LogP contribution in [0.2, 0.25) is 0 Å². The molecule has 0 radical (unpaired) electrons. The van der Waals surface area contributed by atoms with E-state index in [1.165, 1.54) is 6.92 Å². The summed E-state index contributed by atoms with van der Waals surface area (Å²) >= 11 is 0. The van der Waals surface area contributed by atoms with Gasteiger partial charge in [0, 0.05) is 7.05 Å². The number of nitrogens with zero attached hydrogens (tertiary/aromatic N) is 4. The first-order valence-electron chi connectivity index (χ1n) is 26.4. The Morgan fingerprint density at radius 2 is 0.645 bits per heavy atom. The Bertz CT molecular complexity index is 4580. The average Bonchev–Trinajstić information content (AvgIpc) is 1.65. The molecule has 93 heavy (non-hydrogen) atoms. The lowest BCUT2D eigenvalue weighted by Gasteiger charge is -2.38. The Hall–Kier alpha value is -10.9. The number of anilines is 3. The Morgan fingerprint density at radius 3 is 0.978 bits per heavy atom. The molecule has 16 nitrogen and oxygen atoms in total. The molecule has 3 N–H and O–H groups in total. The largest absolute Gasteiger partial charge is 0.506 e. The number of amides is 8. The minimum Gasteiger partial charge on any atom is -0.506 e. The molecule has 1 unspecified atom stereocenters. The summed E-state index contributed by atoms with van der Waals surface area (Å²) in [6.07, 6.45) is -31.5. The lowest BCUT2D eigenvalue weighted by Crippen LogP contribution is -2.55. The van der Waals surface area contributed by atoms with Crippen LogP contribution in [-0.4, -0.2) is 111 Å². The Labute approximate surface area is 508 Å². The van der Waals surface area contributed by atoms with Crippen molar-refractivity contribution in [2.75, 3.05) is 21.7 Å². The monoisotopic (exact) mass is 1310 g/mol. The van der Waals surface area contributed by atoms with Gasteiger partial charge in [-0.15, -0.1) is 0 Å². The number of carboxylic acid groups (broad SMARTS) is 1. The zero-order valence-electron chi connectivity index (χ0n) is 46.6. The number of carbonyl (C=O) groups is 9. The number of carboxylic acids is 1. The Morgan fingerprint density at radius 1 is 0.355 bits per heavy atom. The highest BCUT2D eigenvalue weighted by atomic mass is 19.4. The summed E-state index contributed by atoms with van der Waals surface area (Å²) in [5, 5.41) is 31.8. The molecule has 0 saturated carbocycles. The van der Waals surface area contributed by atoms with Crippen LogP contribution in [0.3, 0.4) is 0 Å². The van der Waals surface area contributed by atoms with Crippen LogP contribution in [0, 0.1) is 6.92 Å². The van der Waals surface area contributed by atoms with Crippen LogP contribution >= 0.6 is 0 Å². The van der Waals surface area contributed by atoms with Crippen molar-refractivity contribution in [3.05, 3.63) is 216 Å². The summed E-state index contributed by atoms with van der Waals surface area (Å²) in [5.74, 6) is -16.1. The number of imide groups is 4. The van der Waals surface area contributed by atoms with Gasteiger partial charge in [0.1, 0.15) is 16.9 Å². The number of carbonyl (C=O) groups excluding carboxylic acids is 8. The molecule has 0 aliphatic carbocycles. The molecule has 1 atom stereocenters. The Kier molecular flexibility index (Phi) is 13.9. The van der Waals surface area contributed by atoms with Crippen molar-refractivity contribution in [1.82, 2.24) is 4.90 Å². The number of alkyl halides is 15. The molecule has 0 fully saturated rings. The summed E-state index contributed by atoms with van der Waals surface area (Å²) in [7, 11) is 0.900. The number of aromatic carboxylic acids is 1. The lowest BCUT2D eigenvalue weighted by molar-refractivity contribution is -0.290. The second-order valence-electron chi connectivity index (χ2n) is 21.9. The summed E-state index contributed by atoms with van der Waals surface area (Å²) in [6, 6.07) is 8.38. The molecule has 478 valence electrons. The van der Waals surface area contributed by atoms with Crippen LogP contribution in [-0.2, 0) is 16.2 Å². The minimum absolute atomic E-state index is 0.00872. The van der Waals surface area contributed by atoms with Crippen molar-refractivity contribution in [2.24, 2.45) is 0 Å². The van der Waals surface area contributed by atoms with Crippen molar-refractivity contribution >= 4 is 70.3 Å². The van der Waals surface area contributed by atoms with Gasteiger partial charge in [0.15, 0.2) is 0 Å². The number of rotatable bonds is 10. The van der Waals surface area contributed by atoms with Crippen molar-refractivity contribution in [2.45, 2.75) is 61.0 Å². The number of aromatic hydroxyl groups is 2. The topological polar surface area (TPSA) is 227 Å². The van der Waals surface area contributed by atoms with Crippen LogP contribution in [0.1, 0.15) is 139 Å². The molecule has 31 heteroatoms. The van der Waals surface area contributed by atoms with Crippen LogP contribution in [0.15, 0.2) is 127 Å². The number of halogens is 15. The maximum atomic E-state index is 15.9. The van der Waals surface area contributed by atoms with E-state index in [4.69, 9.17) is 0 Å². The third-order valence-electron chi connectivity index (χ3n) is 16.9. The van der Waals surface area contributed by atoms with E-state index in [2.05, 4.69) is 0 Å². The maximum absolute atomic E-state index is 15.9. The standard InChI is InChI=1S/C62H33F15N4O12/c1-25-16-26(54(92)93)18-33(17-25)79-48(86)35-11-5-30(20-39(35)51(79)89)57(61(72,73)74,62(75,76)77)32-7-13-37-41(22-32)53(91)81(50(37)88)43-24-28(9-15-45(43)83)55(2,58(63,64)65)27-8-14-44(82)42(23-27)80-49(87)36-12-6-31(21-40(36)52(80)90)56(59(66,67)68,60(69,70)71)29-4-10-34-38(19-29)47(85)78(3)46(34)84/h4-24,82-83H,1-3H3,(H,92,93). The van der Waals surface area contributed by atoms with E-state index in [1.54, 1.807) is 0 Å². The average molecular weight is 1310 g/mol. The quantitative estimate of drug-likeness (QED) is 0.0858. The molecule has 0 bridgehead atoms. The highest BCUT2D eigenvalue weighted by molar-refractivity contribution is 6.37. The second kappa shape index (κ2) is 20.3. The first kappa shape index (κ1) is 63.7. The van der Waals surface area contributed by atoms with Gasteiger partial charge in [0.25, 0.3) is 47.3 Å². The first-order valence-corrected chi connectivity index (χ1v) is 26.4. The fourth-order valence-corrected chi connectivity index (χ4v) is 12.2. The normalized spacial score (nSPS) is 16.2. The molecule has 0 aromatic heterocycles. The van der Waals surface area contributed by atoms with E-state index >= 15 is 65.9 Å². The molecule has 4 aliphatic rings. The molecule has 7 aromatic carbocycles. The van der Waals surface area contributed by atoms with Crippen molar-refractivity contribution in [3.63, 3.8) is 0 Å².